The molecular weight excluding hydrogens is 563 g/mol. The molecule has 0 aliphatic rings. The molecule has 2 aromatic heterocycles. The van der Waals surface area contributed by atoms with Gasteiger partial charge in [-0.1, -0.05) is 11.6 Å². The zero-order valence-corrected chi connectivity index (χ0v) is 23.0. The van der Waals surface area contributed by atoms with Crippen molar-refractivity contribution in [1.82, 2.24) is 35.3 Å². The Labute approximate surface area is 236 Å². The van der Waals surface area contributed by atoms with Crippen LogP contribution in [-0.4, -0.2) is 47.3 Å². The number of alkyl halides is 3. The molecule has 15 heteroatoms. The van der Waals surface area contributed by atoms with Gasteiger partial charge < -0.3 is 10.6 Å². The van der Waals surface area contributed by atoms with E-state index in [1.807, 2.05) is 6.07 Å². The first-order chi connectivity index (χ1) is 19.1. The fraction of sp³-hybridized carbons (Fsp3) is 0.269. The van der Waals surface area contributed by atoms with Gasteiger partial charge in [-0.2, -0.15) is 28.3 Å². The molecule has 2 aromatic carbocycles. The van der Waals surface area contributed by atoms with Crippen molar-refractivity contribution in [2.45, 2.75) is 46.0 Å². The number of carbonyl (C=O) groups is 2. The minimum Gasteiger partial charge on any atom is -0.347 e. The second-order valence-corrected chi connectivity index (χ2v) is 10.5. The van der Waals surface area contributed by atoms with E-state index in [0.717, 1.165) is 0 Å². The van der Waals surface area contributed by atoms with E-state index in [2.05, 4.69) is 31.1 Å². The summed E-state index contributed by atoms with van der Waals surface area (Å²) in [6, 6.07) is 12.6. The number of anilines is 1. The Morgan fingerprint density at radius 3 is 2.32 bits per heavy atom. The van der Waals surface area contributed by atoms with Crippen molar-refractivity contribution >= 4 is 29.1 Å². The van der Waals surface area contributed by atoms with E-state index in [1.165, 1.54) is 22.9 Å². The molecular formula is C26H23ClF3N9O2. The molecule has 41 heavy (non-hydrogen) atoms. The fourth-order valence-electron chi connectivity index (χ4n) is 3.80. The van der Waals surface area contributed by atoms with Gasteiger partial charge in [0.15, 0.2) is 0 Å². The summed E-state index contributed by atoms with van der Waals surface area (Å²) < 4.78 is 40.1. The first kappa shape index (κ1) is 29.2. The smallest absolute Gasteiger partial charge is 0.347 e. The monoisotopic (exact) mass is 585 g/mol. The number of hydrogen-bond acceptors (Lipinski definition) is 7. The maximum atomic E-state index is 13.6. The van der Waals surface area contributed by atoms with Crippen LogP contribution in [0.1, 0.15) is 64.3 Å². The molecule has 212 valence electrons. The number of nitrogens with one attached hydrogen (secondary N) is 2. The third kappa shape index (κ3) is 6.87. The number of amides is 2. The summed E-state index contributed by atoms with van der Waals surface area (Å²) in [4.78, 5) is 27.5. The van der Waals surface area contributed by atoms with Crippen molar-refractivity contribution in [2.24, 2.45) is 0 Å². The number of benzene rings is 2. The summed E-state index contributed by atoms with van der Waals surface area (Å²) in [5.74, 6) is -2.60. The van der Waals surface area contributed by atoms with E-state index in [-0.39, 0.29) is 34.7 Å². The van der Waals surface area contributed by atoms with Gasteiger partial charge in [-0.05, 0) is 80.9 Å². The summed E-state index contributed by atoms with van der Waals surface area (Å²) in [6.07, 6.45) is -4.78. The van der Waals surface area contributed by atoms with Crippen LogP contribution in [0.5, 0.6) is 0 Å². The molecule has 2 amide bonds. The number of aryl methyl sites for hydroxylation is 1. The maximum Gasteiger partial charge on any atom is 0.455 e. The fourth-order valence-corrected chi connectivity index (χ4v) is 3.93. The Morgan fingerprint density at radius 2 is 1.73 bits per heavy atom. The van der Waals surface area contributed by atoms with E-state index >= 15 is 0 Å². The third-order valence-corrected chi connectivity index (χ3v) is 5.76. The molecule has 0 aliphatic heterocycles. The van der Waals surface area contributed by atoms with Crippen LogP contribution in [0.4, 0.5) is 18.9 Å². The lowest BCUT2D eigenvalue weighted by Gasteiger charge is -2.22. The minimum atomic E-state index is -4.78. The van der Waals surface area contributed by atoms with Gasteiger partial charge >= 0.3 is 6.18 Å². The Kier molecular flexibility index (Phi) is 7.85. The summed E-state index contributed by atoms with van der Waals surface area (Å²) in [5.41, 5.74) is 0.909. The highest BCUT2D eigenvalue weighted by Crippen LogP contribution is 2.27. The lowest BCUT2D eigenvalue weighted by atomic mass is 10.0. The van der Waals surface area contributed by atoms with Crippen LogP contribution in [0.25, 0.3) is 5.69 Å². The van der Waals surface area contributed by atoms with Gasteiger partial charge in [0.1, 0.15) is 12.2 Å². The van der Waals surface area contributed by atoms with Gasteiger partial charge in [-0.25, -0.2) is 4.68 Å². The molecule has 0 aliphatic carbocycles. The van der Waals surface area contributed by atoms with Gasteiger partial charge in [0.25, 0.3) is 17.6 Å². The summed E-state index contributed by atoms with van der Waals surface area (Å²) in [7, 11) is 0. The van der Waals surface area contributed by atoms with Crippen molar-refractivity contribution < 1.29 is 22.8 Å². The SMILES string of the molecule is Cc1cc(C#N)cc(C(=O)NC(C)(C)C)c1NC(=O)c1cc(Cn2nnc(C(F)(F)F)n2)nn1-c1ccc(Cl)cc1. The number of nitrogens with zero attached hydrogens (tertiary/aromatic N) is 7. The molecule has 0 bridgehead atoms. The van der Waals surface area contributed by atoms with Crippen LogP contribution in [0.2, 0.25) is 5.02 Å². The Bertz CT molecular complexity index is 1660. The van der Waals surface area contributed by atoms with Gasteiger partial charge in [-0.3, -0.25) is 9.59 Å². The van der Waals surface area contributed by atoms with E-state index in [0.29, 0.717) is 21.1 Å². The zero-order valence-electron chi connectivity index (χ0n) is 22.2. The average molecular weight is 586 g/mol. The molecule has 0 saturated carbocycles. The van der Waals surface area contributed by atoms with Gasteiger partial charge in [-0.15, -0.1) is 10.2 Å². The van der Waals surface area contributed by atoms with Crippen LogP contribution in [0.3, 0.4) is 0 Å². The van der Waals surface area contributed by atoms with E-state index in [9.17, 15) is 28.0 Å². The molecule has 0 radical (unpaired) electrons. The molecule has 2 heterocycles. The highest BCUT2D eigenvalue weighted by molar-refractivity contribution is 6.30. The lowest BCUT2D eigenvalue weighted by molar-refractivity contribution is -0.145. The molecule has 0 atom stereocenters. The van der Waals surface area contributed by atoms with Crippen molar-refractivity contribution in [1.29, 1.82) is 5.26 Å². The number of halogens is 4. The molecule has 4 aromatic rings. The zero-order chi connectivity index (χ0) is 30.1. The number of tetrazole rings is 1. The predicted molar refractivity (Wildman–Crippen MR) is 142 cm³/mol. The molecule has 0 saturated heterocycles. The average Bonchev–Trinajstić information content (AvgIpc) is 3.52. The largest absolute Gasteiger partial charge is 0.455 e. The summed E-state index contributed by atoms with van der Waals surface area (Å²) >= 11 is 6.01. The van der Waals surface area contributed by atoms with E-state index in [4.69, 9.17) is 11.6 Å². The highest BCUT2D eigenvalue weighted by Gasteiger charge is 2.37. The second kappa shape index (κ2) is 11.0. The standard InChI is InChI=1S/C26H23ClF3N9O2/c1-14-9-15(12-31)10-19(22(40)33-25(2,3)4)21(14)32-23(41)20-11-17(13-38-36-24(34-37-38)26(28,29)30)35-39(20)18-7-5-16(27)6-8-18/h5-11H,13H2,1-4H3,(H,32,41)(H,33,40). The van der Waals surface area contributed by atoms with Crippen LogP contribution in [0.15, 0.2) is 42.5 Å². The number of rotatable bonds is 6. The number of hydrogen-bond donors (Lipinski definition) is 2. The molecule has 0 spiro atoms. The molecule has 0 fully saturated rings. The number of nitriles is 1. The topological polar surface area (TPSA) is 143 Å². The van der Waals surface area contributed by atoms with Crippen LogP contribution in [-0.2, 0) is 12.7 Å². The summed E-state index contributed by atoms with van der Waals surface area (Å²) in [5, 5.41) is 29.6. The molecule has 2 N–H and O–H groups in total. The Morgan fingerprint density at radius 1 is 1.05 bits per heavy atom. The predicted octanol–water partition coefficient (Wildman–Crippen LogP) is 4.54. The van der Waals surface area contributed by atoms with Gasteiger partial charge in [0.2, 0.25) is 0 Å². The maximum absolute atomic E-state index is 13.6. The van der Waals surface area contributed by atoms with Crippen LogP contribution < -0.4 is 10.6 Å². The Balaban J connectivity index is 1.74. The third-order valence-electron chi connectivity index (χ3n) is 5.51. The number of aromatic nitrogens is 6. The van der Waals surface area contributed by atoms with Crippen LogP contribution in [0, 0.1) is 18.3 Å². The molecule has 0 unspecified atom stereocenters. The van der Waals surface area contributed by atoms with Crippen molar-refractivity contribution in [3.63, 3.8) is 0 Å². The van der Waals surface area contributed by atoms with Gasteiger partial charge in [0, 0.05) is 10.6 Å². The first-order valence-corrected chi connectivity index (χ1v) is 12.4. The minimum absolute atomic E-state index is 0.00979. The molecule has 4 rings (SSSR count). The van der Waals surface area contributed by atoms with E-state index in [1.54, 1.807) is 52.0 Å². The first-order valence-electron chi connectivity index (χ1n) is 12.0. The van der Waals surface area contributed by atoms with Crippen molar-refractivity contribution in [3.8, 4) is 11.8 Å². The highest BCUT2D eigenvalue weighted by atomic mass is 35.5. The second-order valence-electron chi connectivity index (χ2n) is 10.0. The van der Waals surface area contributed by atoms with Crippen molar-refractivity contribution in [3.05, 3.63) is 81.4 Å². The summed E-state index contributed by atoms with van der Waals surface area (Å²) in [6.45, 7) is 6.69. The molecule has 11 nitrogen and oxygen atoms in total. The normalized spacial score (nSPS) is 11.7. The quantitative estimate of drug-likeness (QED) is 0.338. The van der Waals surface area contributed by atoms with E-state index < -0.39 is 29.4 Å². The van der Waals surface area contributed by atoms with Crippen molar-refractivity contribution in [2.75, 3.05) is 5.32 Å². The van der Waals surface area contributed by atoms with Crippen LogP contribution >= 0.6 is 11.6 Å². The lowest BCUT2D eigenvalue weighted by Crippen LogP contribution is -2.41. The Hall–Kier alpha value is -4.77. The van der Waals surface area contributed by atoms with Gasteiger partial charge in [0.05, 0.1) is 34.3 Å². The number of carbonyl (C=O) groups excluding carboxylic acids is 2.